The van der Waals surface area contributed by atoms with E-state index < -0.39 is 0 Å². The summed E-state index contributed by atoms with van der Waals surface area (Å²) in [5.74, 6) is 0.583. The second-order valence-corrected chi connectivity index (χ2v) is 5.05. The predicted molar refractivity (Wildman–Crippen MR) is 72.4 cm³/mol. The van der Waals surface area contributed by atoms with Gasteiger partial charge in [-0.25, -0.2) is 0 Å². The van der Waals surface area contributed by atoms with Gasteiger partial charge in [0.1, 0.15) is 5.69 Å². The number of nitrogens with two attached hydrogens (primary N) is 1. The lowest BCUT2D eigenvalue weighted by atomic mass is 9.90. The molecule has 1 aliphatic rings. The number of likely N-dealkylation sites (tertiary alicyclic amines) is 1. The molecular weight excluding hydrogens is 226 g/mol. The Kier molecular flexibility index (Phi) is 4.07. The first-order chi connectivity index (χ1) is 8.67. The highest BCUT2D eigenvalue weighted by atomic mass is 16.2. The summed E-state index contributed by atoms with van der Waals surface area (Å²) in [7, 11) is 0. The molecule has 4 nitrogen and oxygen atoms in total. The van der Waals surface area contributed by atoms with Crippen LogP contribution in [0, 0.1) is 5.92 Å². The van der Waals surface area contributed by atoms with Crippen molar-refractivity contribution in [1.82, 2.24) is 9.47 Å². The van der Waals surface area contributed by atoms with Crippen molar-refractivity contribution in [2.24, 2.45) is 11.7 Å². The molecule has 2 atom stereocenters. The summed E-state index contributed by atoms with van der Waals surface area (Å²) in [5.41, 5.74) is 6.88. The Morgan fingerprint density at radius 1 is 1.50 bits per heavy atom. The Bertz CT molecular complexity index is 413. The minimum Gasteiger partial charge on any atom is -0.344 e. The summed E-state index contributed by atoms with van der Waals surface area (Å²) >= 11 is 0. The van der Waals surface area contributed by atoms with Gasteiger partial charge in [-0.1, -0.05) is 13.3 Å². The summed E-state index contributed by atoms with van der Waals surface area (Å²) in [5, 5.41) is 0. The molecule has 1 saturated heterocycles. The molecule has 0 aromatic carbocycles. The van der Waals surface area contributed by atoms with E-state index in [9.17, 15) is 4.79 Å². The first-order valence-electron chi connectivity index (χ1n) is 6.87. The maximum Gasteiger partial charge on any atom is 0.270 e. The van der Waals surface area contributed by atoms with Gasteiger partial charge in [0.25, 0.3) is 5.91 Å². The van der Waals surface area contributed by atoms with Crippen molar-refractivity contribution in [3.05, 3.63) is 24.0 Å². The molecule has 0 spiro atoms. The van der Waals surface area contributed by atoms with Gasteiger partial charge in [-0.2, -0.15) is 0 Å². The summed E-state index contributed by atoms with van der Waals surface area (Å²) in [4.78, 5) is 14.4. The van der Waals surface area contributed by atoms with Gasteiger partial charge < -0.3 is 15.2 Å². The number of carbonyl (C=O) groups is 1. The molecule has 1 amide bonds. The van der Waals surface area contributed by atoms with Gasteiger partial charge in [0, 0.05) is 31.9 Å². The summed E-state index contributed by atoms with van der Waals surface area (Å²) in [6.07, 6.45) is 3.91. The van der Waals surface area contributed by atoms with Crippen LogP contribution in [-0.4, -0.2) is 34.5 Å². The lowest BCUT2D eigenvalue weighted by Crippen LogP contribution is -2.49. The number of nitrogens with zero attached hydrogens (tertiary/aromatic N) is 2. The highest BCUT2D eigenvalue weighted by Crippen LogP contribution is 2.20. The maximum absolute atomic E-state index is 12.5. The number of rotatable bonds is 3. The van der Waals surface area contributed by atoms with Crippen molar-refractivity contribution in [2.45, 2.75) is 39.3 Å². The predicted octanol–water partition coefficient (Wildman–Crippen LogP) is 1.71. The Hall–Kier alpha value is -1.29. The molecule has 100 valence electrons. The Balaban J connectivity index is 2.10. The number of aromatic nitrogens is 1. The molecule has 1 aliphatic heterocycles. The zero-order chi connectivity index (χ0) is 13.1. The molecule has 0 bridgehead atoms. The second-order valence-electron chi connectivity index (χ2n) is 5.05. The van der Waals surface area contributed by atoms with Crippen LogP contribution in [0.1, 0.15) is 37.2 Å². The van der Waals surface area contributed by atoms with Gasteiger partial charge in [-0.3, -0.25) is 4.79 Å². The van der Waals surface area contributed by atoms with Crippen LogP contribution in [-0.2, 0) is 6.54 Å². The highest BCUT2D eigenvalue weighted by molar-refractivity contribution is 5.92. The number of amides is 1. The van der Waals surface area contributed by atoms with E-state index in [4.69, 9.17) is 5.73 Å². The maximum atomic E-state index is 12.5. The molecule has 0 aliphatic carbocycles. The third-order valence-corrected chi connectivity index (χ3v) is 3.99. The molecule has 1 aromatic rings. The molecule has 1 aromatic heterocycles. The summed E-state index contributed by atoms with van der Waals surface area (Å²) < 4.78 is 2.00. The van der Waals surface area contributed by atoms with E-state index in [1.54, 1.807) is 0 Å². The minimum atomic E-state index is 0.146. The number of carbonyl (C=O) groups excluding carboxylic acids is 1. The Labute approximate surface area is 109 Å². The summed E-state index contributed by atoms with van der Waals surface area (Å²) in [6.45, 7) is 6.61. The first kappa shape index (κ1) is 13.1. The topological polar surface area (TPSA) is 51.3 Å². The van der Waals surface area contributed by atoms with E-state index in [-0.39, 0.29) is 11.9 Å². The van der Waals surface area contributed by atoms with Gasteiger partial charge in [0.05, 0.1) is 0 Å². The van der Waals surface area contributed by atoms with Gasteiger partial charge in [-0.15, -0.1) is 0 Å². The molecular formula is C14H23N3O. The Morgan fingerprint density at radius 3 is 2.94 bits per heavy atom. The van der Waals surface area contributed by atoms with Crippen LogP contribution in [0.2, 0.25) is 0 Å². The third-order valence-electron chi connectivity index (χ3n) is 3.99. The molecule has 18 heavy (non-hydrogen) atoms. The highest BCUT2D eigenvalue weighted by Gasteiger charge is 2.29. The lowest BCUT2D eigenvalue weighted by molar-refractivity contribution is 0.0638. The first-order valence-corrected chi connectivity index (χ1v) is 6.87. The van der Waals surface area contributed by atoms with E-state index in [1.807, 2.05) is 27.8 Å². The van der Waals surface area contributed by atoms with Crippen molar-refractivity contribution in [3.63, 3.8) is 0 Å². The van der Waals surface area contributed by atoms with Crippen LogP contribution >= 0.6 is 0 Å². The fourth-order valence-corrected chi connectivity index (χ4v) is 2.71. The van der Waals surface area contributed by atoms with Gasteiger partial charge in [-0.05, 0) is 31.4 Å². The molecule has 1 fully saturated rings. The standard InChI is InChI=1S/C14H23N3O/c1-3-11-10-17(9-7-12(11)15)14(18)13-6-5-8-16(13)4-2/h5-6,8,11-12H,3-4,7,9-10,15H2,1-2H3. The fourth-order valence-electron chi connectivity index (χ4n) is 2.71. The zero-order valence-corrected chi connectivity index (χ0v) is 11.3. The average Bonchev–Trinajstić information content (AvgIpc) is 2.86. The van der Waals surface area contributed by atoms with Crippen LogP contribution in [0.4, 0.5) is 0 Å². The second kappa shape index (κ2) is 5.57. The van der Waals surface area contributed by atoms with Crippen LogP contribution < -0.4 is 5.73 Å². The van der Waals surface area contributed by atoms with Gasteiger partial charge >= 0.3 is 0 Å². The molecule has 0 saturated carbocycles. The lowest BCUT2D eigenvalue weighted by Gasteiger charge is -2.36. The third kappa shape index (κ3) is 2.43. The van der Waals surface area contributed by atoms with Crippen molar-refractivity contribution < 1.29 is 4.79 Å². The van der Waals surface area contributed by atoms with Gasteiger partial charge in [0.15, 0.2) is 0 Å². The monoisotopic (exact) mass is 249 g/mol. The average molecular weight is 249 g/mol. The van der Waals surface area contributed by atoms with E-state index >= 15 is 0 Å². The van der Waals surface area contributed by atoms with Crippen molar-refractivity contribution in [2.75, 3.05) is 13.1 Å². The van der Waals surface area contributed by atoms with E-state index in [0.29, 0.717) is 5.92 Å². The van der Waals surface area contributed by atoms with E-state index in [0.717, 1.165) is 38.2 Å². The van der Waals surface area contributed by atoms with Crippen molar-refractivity contribution in [1.29, 1.82) is 0 Å². The van der Waals surface area contributed by atoms with E-state index in [2.05, 4.69) is 13.8 Å². The number of piperidine rings is 1. The molecule has 2 rings (SSSR count). The zero-order valence-electron chi connectivity index (χ0n) is 11.3. The summed E-state index contributed by atoms with van der Waals surface area (Å²) in [6, 6.07) is 4.09. The quantitative estimate of drug-likeness (QED) is 0.886. The van der Waals surface area contributed by atoms with Crippen molar-refractivity contribution >= 4 is 5.91 Å². The Morgan fingerprint density at radius 2 is 2.28 bits per heavy atom. The van der Waals surface area contributed by atoms with E-state index in [1.165, 1.54) is 0 Å². The molecule has 2 heterocycles. The smallest absolute Gasteiger partial charge is 0.270 e. The van der Waals surface area contributed by atoms with Crippen LogP contribution in [0.25, 0.3) is 0 Å². The van der Waals surface area contributed by atoms with Crippen LogP contribution in [0.5, 0.6) is 0 Å². The SMILES string of the molecule is CCC1CN(C(=O)c2cccn2CC)CCC1N. The van der Waals surface area contributed by atoms with Gasteiger partial charge in [0.2, 0.25) is 0 Å². The number of aryl methyl sites for hydroxylation is 1. The number of hydrogen-bond acceptors (Lipinski definition) is 2. The molecule has 4 heteroatoms. The molecule has 2 unspecified atom stereocenters. The van der Waals surface area contributed by atoms with Crippen LogP contribution in [0.3, 0.4) is 0 Å². The normalized spacial score (nSPS) is 24.3. The number of hydrogen-bond donors (Lipinski definition) is 1. The molecule has 2 N–H and O–H groups in total. The van der Waals surface area contributed by atoms with Crippen molar-refractivity contribution in [3.8, 4) is 0 Å². The minimum absolute atomic E-state index is 0.146. The fraction of sp³-hybridized carbons (Fsp3) is 0.643. The largest absolute Gasteiger partial charge is 0.344 e. The van der Waals surface area contributed by atoms with Crippen LogP contribution in [0.15, 0.2) is 18.3 Å². The molecule has 0 radical (unpaired) electrons.